The van der Waals surface area contributed by atoms with Gasteiger partial charge in [-0.1, -0.05) is 24.8 Å². The number of aryl methyl sites for hydroxylation is 1. The predicted octanol–water partition coefficient (Wildman–Crippen LogP) is 5.77. The highest BCUT2D eigenvalue weighted by Crippen LogP contribution is 2.29. The first-order valence-corrected chi connectivity index (χ1v) is 12.2. The molecule has 1 aliphatic rings. The van der Waals surface area contributed by atoms with Crippen LogP contribution in [0.25, 0.3) is 0 Å². The monoisotopic (exact) mass is 507 g/mol. The van der Waals surface area contributed by atoms with Crippen molar-refractivity contribution in [2.45, 2.75) is 32.3 Å². The Kier molecular flexibility index (Phi) is 8.18. The standard InChI is InChI=1S/C29H31F2N3O3/c1-19-10-11-22(29(35)36)16-27(19)33(3)20(2)17-34-14-12-21(13-15-34)26-8-5-9-28(32-26)37-18-23-24(30)6-4-7-25(23)31/h4-11,16,21H,2,12-15,17-18H2,1,3H3,(H,35,36). The Morgan fingerprint density at radius 3 is 2.49 bits per heavy atom. The van der Waals surface area contributed by atoms with E-state index in [1.165, 1.54) is 18.2 Å². The molecule has 4 rings (SSSR count). The summed E-state index contributed by atoms with van der Waals surface area (Å²) in [4.78, 5) is 20.3. The molecule has 2 heterocycles. The number of anilines is 1. The maximum atomic E-state index is 13.9. The number of carbonyl (C=O) groups is 1. The molecule has 37 heavy (non-hydrogen) atoms. The molecule has 2 aromatic carbocycles. The summed E-state index contributed by atoms with van der Waals surface area (Å²) in [6, 6.07) is 14.3. The minimum absolute atomic E-state index is 0.113. The number of likely N-dealkylation sites (N-methyl/N-ethyl adjacent to an activating group) is 1. The van der Waals surface area contributed by atoms with Crippen LogP contribution in [0.4, 0.5) is 14.5 Å². The van der Waals surface area contributed by atoms with Crippen LogP contribution < -0.4 is 9.64 Å². The Morgan fingerprint density at radius 2 is 1.81 bits per heavy atom. The van der Waals surface area contributed by atoms with E-state index in [-0.39, 0.29) is 23.7 Å². The molecule has 0 bridgehead atoms. The van der Waals surface area contributed by atoms with Crippen molar-refractivity contribution in [1.82, 2.24) is 9.88 Å². The van der Waals surface area contributed by atoms with Crippen LogP contribution in [-0.2, 0) is 6.61 Å². The van der Waals surface area contributed by atoms with Gasteiger partial charge in [0.25, 0.3) is 0 Å². The number of carboxylic acids is 1. The molecule has 3 aromatic rings. The quantitative estimate of drug-likeness (QED) is 0.396. The van der Waals surface area contributed by atoms with Gasteiger partial charge in [0.2, 0.25) is 5.88 Å². The molecular weight excluding hydrogens is 476 g/mol. The summed E-state index contributed by atoms with van der Waals surface area (Å²) < 4.78 is 33.4. The van der Waals surface area contributed by atoms with Crippen molar-refractivity contribution in [2.75, 3.05) is 31.6 Å². The second kappa shape index (κ2) is 11.5. The molecule has 8 heteroatoms. The van der Waals surface area contributed by atoms with Gasteiger partial charge in [-0.3, -0.25) is 4.90 Å². The first kappa shape index (κ1) is 26.3. The lowest BCUT2D eigenvalue weighted by Crippen LogP contribution is -2.37. The van der Waals surface area contributed by atoms with E-state index >= 15 is 0 Å². The van der Waals surface area contributed by atoms with E-state index in [1.807, 2.05) is 37.1 Å². The van der Waals surface area contributed by atoms with E-state index in [0.717, 1.165) is 48.6 Å². The van der Waals surface area contributed by atoms with Crippen molar-refractivity contribution in [3.63, 3.8) is 0 Å². The number of benzene rings is 2. The Hall–Kier alpha value is -3.78. The molecule has 0 aliphatic carbocycles. The van der Waals surface area contributed by atoms with E-state index in [0.29, 0.717) is 12.4 Å². The molecule has 1 saturated heterocycles. The number of likely N-dealkylation sites (tertiary alicyclic amines) is 1. The second-order valence-corrected chi connectivity index (χ2v) is 9.37. The number of carboxylic acid groups (broad SMARTS) is 1. The summed E-state index contributed by atoms with van der Waals surface area (Å²) in [7, 11) is 1.91. The highest BCUT2D eigenvalue weighted by Gasteiger charge is 2.23. The molecule has 0 radical (unpaired) electrons. The average molecular weight is 508 g/mol. The fraction of sp³-hybridized carbons (Fsp3) is 0.310. The van der Waals surface area contributed by atoms with Crippen LogP contribution in [0.3, 0.4) is 0 Å². The minimum Gasteiger partial charge on any atom is -0.478 e. The van der Waals surface area contributed by atoms with Crippen LogP contribution in [0.2, 0.25) is 0 Å². The van der Waals surface area contributed by atoms with E-state index in [2.05, 4.69) is 16.5 Å². The van der Waals surface area contributed by atoms with Crippen LogP contribution in [0.1, 0.15) is 45.9 Å². The van der Waals surface area contributed by atoms with Gasteiger partial charge in [0.05, 0.1) is 11.1 Å². The summed E-state index contributed by atoms with van der Waals surface area (Å²) in [6.45, 7) is 8.36. The topological polar surface area (TPSA) is 65.9 Å². The Bertz CT molecular complexity index is 1270. The maximum Gasteiger partial charge on any atom is 0.335 e. The highest BCUT2D eigenvalue weighted by atomic mass is 19.1. The SMILES string of the molecule is C=C(CN1CCC(c2cccc(OCc3c(F)cccc3F)n2)CC1)N(C)c1cc(C(=O)O)ccc1C. The van der Waals surface area contributed by atoms with Crippen molar-refractivity contribution < 1.29 is 23.4 Å². The van der Waals surface area contributed by atoms with Gasteiger partial charge in [-0.2, -0.15) is 0 Å². The van der Waals surface area contributed by atoms with Crippen LogP contribution in [-0.4, -0.2) is 47.6 Å². The zero-order valence-electron chi connectivity index (χ0n) is 21.1. The number of rotatable bonds is 9. The van der Waals surface area contributed by atoms with E-state index < -0.39 is 17.6 Å². The molecule has 0 saturated carbocycles. The number of aromatic carboxylic acids is 1. The van der Waals surface area contributed by atoms with Crippen molar-refractivity contribution in [3.05, 3.63) is 101 Å². The third-order valence-corrected chi connectivity index (χ3v) is 6.87. The number of ether oxygens (including phenoxy) is 1. The summed E-state index contributed by atoms with van der Waals surface area (Å²) in [5, 5.41) is 9.33. The smallest absolute Gasteiger partial charge is 0.335 e. The van der Waals surface area contributed by atoms with Gasteiger partial charge >= 0.3 is 5.97 Å². The van der Waals surface area contributed by atoms with E-state index in [9.17, 15) is 18.7 Å². The predicted molar refractivity (Wildman–Crippen MR) is 139 cm³/mol. The zero-order valence-corrected chi connectivity index (χ0v) is 21.1. The van der Waals surface area contributed by atoms with Crippen molar-refractivity contribution in [2.24, 2.45) is 0 Å². The Labute approximate surface area is 215 Å². The number of pyridine rings is 1. The summed E-state index contributed by atoms with van der Waals surface area (Å²) >= 11 is 0. The molecule has 0 unspecified atom stereocenters. The summed E-state index contributed by atoms with van der Waals surface area (Å²) in [5.41, 5.74) is 3.74. The van der Waals surface area contributed by atoms with Crippen molar-refractivity contribution >= 4 is 11.7 Å². The third kappa shape index (κ3) is 6.32. The van der Waals surface area contributed by atoms with Gasteiger partial charge in [-0.15, -0.1) is 0 Å². The first-order valence-electron chi connectivity index (χ1n) is 12.2. The lowest BCUT2D eigenvalue weighted by atomic mass is 9.93. The van der Waals surface area contributed by atoms with E-state index in [4.69, 9.17) is 4.74 Å². The number of piperidine rings is 1. The largest absolute Gasteiger partial charge is 0.478 e. The Balaban J connectivity index is 1.32. The van der Waals surface area contributed by atoms with Crippen LogP contribution in [0.5, 0.6) is 5.88 Å². The second-order valence-electron chi connectivity index (χ2n) is 9.37. The molecule has 1 aromatic heterocycles. The number of halogens is 2. The average Bonchev–Trinajstić information content (AvgIpc) is 2.88. The third-order valence-electron chi connectivity index (χ3n) is 6.87. The van der Waals surface area contributed by atoms with Gasteiger partial charge in [-0.25, -0.2) is 18.6 Å². The van der Waals surface area contributed by atoms with Crippen LogP contribution >= 0.6 is 0 Å². The van der Waals surface area contributed by atoms with Gasteiger partial charge in [0, 0.05) is 42.7 Å². The molecular formula is C29H31F2N3O3. The number of aromatic nitrogens is 1. The number of hydrogen-bond donors (Lipinski definition) is 1. The fourth-order valence-electron chi connectivity index (χ4n) is 4.58. The Morgan fingerprint density at radius 1 is 1.14 bits per heavy atom. The normalized spacial score (nSPS) is 14.4. The summed E-state index contributed by atoms with van der Waals surface area (Å²) in [5.74, 6) is -1.63. The number of nitrogens with zero attached hydrogens (tertiary/aromatic N) is 3. The van der Waals surface area contributed by atoms with Gasteiger partial charge in [0.1, 0.15) is 18.2 Å². The highest BCUT2D eigenvalue weighted by molar-refractivity contribution is 5.89. The molecule has 0 spiro atoms. The first-order chi connectivity index (χ1) is 17.7. The molecule has 1 aliphatic heterocycles. The van der Waals surface area contributed by atoms with Crippen molar-refractivity contribution in [3.8, 4) is 5.88 Å². The van der Waals surface area contributed by atoms with Gasteiger partial charge < -0.3 is 14.7 Å². The van der Waals surface area contributed by atoms with Crippen LogP contribution in [0, 0.1) is 18.6 Å². The maximum absolute atomic E-state index is 13.9. The van der Waals surface area contributed by atoms with E-state index in [1.54, 1.807) is 18.2 Å². The zero-order chi connectivity index (χ0) is 26.5. The minimum atomic E-state index is -0.954. The lowest BCUT2D eigenvalue weighted by Gasteiger charge is -2.34. The molecule has 0 amide bonds. The fourth-order valence-corrected chi connectivity index (χ4v) is 4.58. The molecule has 0 atom stereocenters. The molecule has 1 fully saturated rings. The lowest BCUT2D eigenvalue weighted by molar-refractivity contribution is 0.0697. The molecule has 6 nitrogen and oxygen atoms in total. The molecule has 1 N–H and O–H groups in total. The van der Waals surface area contributed by atoms with Gasteiger partial charge in [-0.05, 0) is 68.8 Å². The summed E-state index contributed by atoms with van der Waals surface area (Å²) in [6.07, 6.45) is 1.81. The van der Waals surface area contributed by atoms with Crippen LogP contribution in [0.15, 0.2) is 66.9 Å². The van der Waals surface area contributed by atoms with Crippen molar-refractivity contribution in [1.29, 1.82) is 0 Å². The van der Waals surface area contributed by atoms with Gasteiger partial charge in [0.15, 0.2) is 0 Å². The number of hydrogen-bond acceptors (Lipinski definition) is 5. The molecule has 194 valence electrons.